The average Bonchev–Trinajstić information content (AvgIpc) is 3.11. The van der Waals surface area contributed by atoms with Crippen LogP contribution in [0.4, 0.5) is 0 Å². The lowest BCUT2D eigenvalue weighted by atomic mass is 9.83. The highest BCUT2D eigenvalue weighted by atomic mass is 35.5. The van der Waals surface area contributed by atoms with Crippen LogP contribution in [0, 0.1) is 0 Å². The van der Waals surface area contributed by atoms with E-state index in [0.29, 0.717) is 28.6 Å². The minimum Gasteiger partial charge on any atom is -0.356 e. The van der Waals surface area contributed by atoms with Crippen LogP contribution in [0.3, 0.4) is 0 Å². The molecule has 6 nitrogen and oxygen atoms in total. The first-order chi connectivity index (χ1) is 14.4. The maximum absolute atomic E-state index is 13.6. The molecule has 1 atom stereocenters. The van der Waals surface area contributed by atoms with Gasteiger partial charge in [-0.15, -0.1) is 0 Å². The van der Waals surface area contributed by atoms with Gasteiger partial charge in [0.2, 0.25) is 5.91 Å². The topological polar surface area (TPSA) is 68.8 Å². The second-order valence-corrected chi connectivity index (χ2v) is 8.51. The molecule has 30 heavy (non-hydrogen) atoms. The molecule has 2 aliphatic rings. The highest BCUT2D eigenvalue weighted by molar-refractivity contribution is 6.36. The monoisotopic (exact) mass is 440 g/mol. The molecule has 0 unspecified atom stereocenters. The maximum Gasteiger partial charge on any atom is 0.275 e. The number of carbonyl (C=O) groups excluding carboxylic acids is 2. The van der Waals surface area contributed by atoms with Gasteiger partial charge in [-0.3, -0.25) is 9.59 Å². The largest absolute Gasteiger partial charge is 0.356 e. The van der Waals surface area contributed by atoms with Gasteiger partial charge in [0, 0.05) is 28.0 Å². The number of piperazine rings is 1. The van der Waals surface area contributed by atoms with E-state index in [9.17, 15) is 9.59 Å². The van der Waals surface area contributed by atoms with Gasteiger partial charge in [0.25, 0.3) is 5.91 Å². The second kappa shape index (κ2) is 6.86. The predicted octanol–water partition coefficient (Wildman–Crippen LogP) is 3.95. The Morgan fingerprint density at radius 1 is 1.17 bits per heavy atom. The fraction of sp³-hybridized carbons (Fsp3) is 0.227. The van der Waals surface area contributed by atoms with E-state index in [4.69, 9.17) is 23.2 Å². The summed E-state index contributed by atoms with van der Waals surface area (Å²) >= 11 is 12.1. The van der Waals surface area contributed by atoms with Gasteiger partial charge in [0.15, 0.2) is 5.54 Å². The summed E-state index contributed by atoms with van der Waals surface area (Å²) in [6, 6.07) is 13.0. The normalized spacial score (nSPS) is 21.4. The Bertz CT molecular complexity index is 1240. The molecule has 2 amide bonds. The number of benzene rings is 2. The van der Waals surface area contributed by atoms with E-state index in [1.807, 2.05) is 24.3 Å². The molecule has 1 saturated heterocycles. The van der Waals surface area contributed by atoms with Gasteiger partial charge in [-0.25, -0.2) is 5.01 Å². The third kappa shape index (κ3) is 2.75. The average molecular weight is 441 g/mol. The van der Waals surface area contributed by atoms with Crippen molar-refractivity contribution in [1.82, 2.24) is 14.9 Å². The number of hydrazone groups is 1. The molecule has 152 valence electrons. The number of aromatic amines is 1. The lowest BCUT2D eigenvalue weighted by molar-refractivity contribution is -0.165. The van der Waals surface area contributed by atoms with E-state index in [0.717, 1.165) is 22.2 Å². The van der Waals surface area contributed by atoms with Crippen molar-refractivity contribution in [3.05, 3.63) is 69.3 Å². The first-order valence-electron chi connectivity index (χ1n) is 9.61. The first-order valence-corrected chi connectivity index (χ1v) is 10.4. The Hall–Kier alpha value is -2.83. The number of nitrogens with one attached hydrogen (secondary N) is 1. The Kier molecular flexibility index (Phi) is 4.38. The van der Waals surface area contributed by atoms with Gasteiger partial charge >= 0.3 is 0 Å². The number of hydrogen-bond acceptors (Lipinski definition) is 3. The van der Waals surface area contributed by atoms with Crippen molar-refractivity contribution < 1.29 is 9.59 Å². The van der Waals surface area contributed by atoms with E-state index in [-0.39, 0.29) is 18.4 Å². The van der Waals surface area contributed by atoms with Gasteiger partial charge < -0.3 is 9.88 Å². The molecule has 8 heteroatoms. The smallest absolute Gasteiger partial charge is 0.275 e. The molecule has 3 aromatic rings. The molecule has 0 saturated carbocycles. The van der Waals surface area contributed by atoms with Gasteiger partial charge in [0.1, 0.15) is 6.54 Å². The minimum atomic E-state index is -1.14. The Morgan fingerprint density at radius 2 is 1.97 bits per heavy atom. The summed E-state index contributed by atoms with van der Waals surface area (Å²) in [5.74, 6) is -0.392. The third-order valence-corrected chi connectivity index (χ3v) is 6.52. The highest BCUT2D eigenvalue weighted by Gasteiger charge is 2.54. The number of halogens is 2. The molecule has 1 fully saturated rings. The molecular formula is C22H18Cl2N4O2. The first kappa shape index (κ1) is 19.2. The van der Waals surface area contributed by atoms with E-state index >= 15 is 0 Å². The Morgan fingerprint density at radius 3 is 2.77 bits per heavy atom. The predicted molar refractivity (Wildman–Crippen MR) is 117 cm³/mol. The van der Waals surface area contributed by atoms with Crippen molar-refractivity contribution in [2.45, 2.75) is 18.9 Å². The number of rotatable bonds is 2. The molecule has 5 rings (SSSR count). The standard InChI is InChI=1S/C22H18Cl2N4O2/c1-22-20-16(15-4-2-3-5-18(15)26-20)8-9-27(22)19(29)12-28(21(22)30)25-11-13-6-7-14(23)10-17(13)24/h2-7,10-11,26H,8-9,12H2,1H3/b25-11+/t22-/m1/s1. The molecule has 1 N–H and O–H groups in total. The number of amides is 2. The minimum absolute atomic E-state index is 0.105. The molecule has 0 bridgehead atoms. The van der Waals surface area contributed by atoms with E-state index < -0.39 is 5.54 Å². The summed E-state index contributed by atoms with van der Waals surface area (Å²) in [5.41, 5.74) is 2.28. The number of H-pyrrole nitrogens is 1. The lowest BCUT2D eigenvalue weighted by Gasteiger charge is -2.48. The van der Waals surface area contributed by atoms with Crippen LogP contribution in [0.2, 0.25) is 10.0 Å². The summed E-state index contributed by atoms with van der Waals surface area (Å²) in [5, 5.41) is 7.55. The number of fused-ring (bicyclic) bond motifs is 5. The van der Waals surface area contributed by atoms with Gasteiger partial charge in [0.05, 0.1) is 16.9 Å². The van der Waals surface area contributed by atoms with Crippen LogP contribution in [-0.2, 0) is 21.5 Å². The van der Waals surface area contributed by atoms with Crippen molar-refractivity contribution in [1.29, 1.82) is 0 Å². The summed E-state index contributed by atoms with van der Waals surface area (Å²) in [6.45, 7) is 2.18. The van der Waals surface area contributed by atoms with Crippen molar-refractivity contribution in [2.75, 3.05) is 13.1 Å². The fourth-order valence-electron chi connectivity index (χ4n) is 4.42. The van der Waals surface area contributed by atoms with Crippen LogP contribution in [0.25, 0.3) is 10.9 Å². The quantitative estimate of drug-likeness (QED) is 0.612. The van der Waals surface area contributed by atoms with Crippen molar-refractivity contribution in [2.24, 2.45) is 5.10 Å². The molecule has 0 radical (unpaired) electrons. The third-order valence-electron chi connectivity index (χ3n) is 5.96. The summed E-state index contributed by atoms with van der Waals surface area (Å²) in [7, 11) is 0. The molecule has 2 aliphatic heterocycles. The number of carbonyl (C=O) groups is 2. The lowest BCUT2D eigenvalue weighted by Crippen LogP contribution is -2.65. The second-order valence-electron chi connectivity index (χ2n) is 7.66. The molecular weight excluding hydrogens is 423 g/mol. The molecule has 0 spiro atoms. The van der Waals surface area contributed by atoms with E-state index in [2.05, 4.69) is 10.1 Å². The van der Waals surface area contributed by atoms with Crippen LogP contribution in [0.5, 0.6) is 0 Å². The Labute approximate surface area is 183 Å². The molecule has 0 aliphatic carbocycles. The molecule has 2 aromatic carbocycles. The number of hydrogen-bond donors (Lipinski definition) is 1. The SMILES string of the molecule is C[C@@]12C(=O)N(/N=C/c3ccc(Cl)cc3Cl)CC(=O)N1CCc1c2[nH]c2ccccc12. The van der Waals surface area contributed by atoms with Crippen LogP contribution in [-0.4, -0.2) is 46.0 Å². The van der Waals surface area contributed by atoms with Gasteiger partial charge in [-0.05, 0) is 37.1 Å². The zero-order valence-electron chi connectivity index (χ0n) is 16.2. The Balaban J connectivity index is 1.56. The molecule has 3 heterocycles. The van der Waals surface area contributed by atoms with E-state index in [1.165, 1.54) is 11.2 Å². The van der Waals surface area contributed by atoms with Crippen molar-refractivity contribution in [3.63, 3.8) is 0 Å². The summed E-state index contributed by atoms with van der Waals surface area (Å²) in [6.07, 6.45) is 2.19. The number of nitrogens with zero attached hydrogens (tertiary/aromatic N) is 3. The molecule has 1 aromatic heterocycles. The van der Waals surface area contributed by atoms with Crippen LogP contribution in [0.15, 0.2) is 47.6 Å². The zero-order valence-corrected chi connectivity index (χ0v) is 17.7. The van der Waals surface area contributed by atoms with Crippen molar-refractivity contribution in [3.8, 4) is 0 Å². The summed E-state index contributed by atoms with van der Waals surface area (Å²) in [4.78, 5) is 31.6. The number of aromatic nitrogens is 1. The fourth-order valence-corrected chi connectivity index (χ4v) is 4.88. The summed E-state index contributed by atoms with van der Waals surface area (Å²) < 4.78 is 0. The van der Waals surface area contributed by atoms with Crippen LogP contribution >= 0.6 is 23.2 Å². The highest BCUT2D eigenvalue weighted by Crippen LogP contribution is 2.41. The van der Waals surface area contributed by atoms with Crippen LogP contribution in [0.1, 0.15) is 23.7 Å². The van der Waals surface area contributed by atoms with Crippen LogP contribution < -0.4 is 0 Å². The van der Waals surface area contributed by atoms with E-state index in [1.54, 1.807) is 30.0 Å². The number of para-hydroxylation sites is 1. The van der Waals surface area contributed by atoms with Gasteiger partial charge in [-0.2, -0.15) is 5.10 Å². The zero-order chi connectivity index (χ0) is 21.0. The maximum atomic E-state index is 13.6. The van der Waals surface area contributed by atoms with Gasteiger partial charge in [-0.1, -0.05) is 47.5 Å². The van der Waals surface area contributed by atoms with Crippen molar-refractivity contribution >= 4 is 52.1 Å².